The Balaban J connectivity index is 2.10. The first-order chi connectivity index (χ1) is 4.81. The standard InChI is InChI=1S/C8H16N2/c1-8-5-9-3-2-7(8)4-10-6-8/h7,9-10H,2-6H2,1H3. The van der Waals surface area contributed by atoms with Crippen LogP contribution in [-0.4, -0.2) is 26.2 Å². The molecule has 0 aromatic carbocycles. The first-order valence-corrected chi connectivity index (χ1v) is 4.23. The van der Waals surface area contributed by atoms with Gasteiger partial charge in [-0.15, -0.1) is 0 Å². The number of hydrogen-bond acceptors (Lipinski definition) is 2. The molecule has 2 N–H and O–H groups in total. The summed E-state index contributed by atoms with van der Waals surface area (Å²) in [5.41, 5.74) is 0.568. The second-order valence-electron chi connectivity index (χ2n) is 3.95. The topological polar surface area (TPSA) is 24.1 Å². The van der Waals surface area contributed by atoms with Crippen molar-refractivity contribution in [2.45, 2.75) is 13.3 Å². The van der Waals surface area contributed by atoms with Gasteiger partial charge in [-0.2, -0.15) is 0 Å². The first-order valence-electron chi connectivity index (χ1n) is 4.23. The minimum Gasteiger partial charge on any atom is -0.316 e. The van der Waals surface area contributed by atoms with Crippen molar-refractivity contribution in [2.24, 2.45) is 11.3 Å². The van der Waals surface area contributed by atoms with Gasteiger partial charge in [0.25, 0.3) is 0 Å². The van der Waals surface area contributed by atoms with Crippen molar-refractivity contribution in [3.63, 3.8) is 0 Å². The van der Waals surface area contributed by atoms with Gasteiger partial charge in [0.1, 0.15) is 0 Å². The molecule has 2 fully saturated rings. The predicted octanol–water partition coefficient (Wildman–Crippen LogP) is 0.205. The summed E-state index contributed by atoms with van der Waals surface area (Å²) in [4.78, 5) is 0. The molecule has 0 aliphatic carbocycles. The Morgan fingerprint density at radius 1 is 1.30 bits per heavy atom. The second kappa shape index (κ2) is 2.21. The van der Waals surface area contributed by atoms with E-state index in [1.165, 1.54) is 32.6 Å². The maximum absolute atomic E-state index is 3.46. The highest BCUT2D eigenvalue weighted by atomic mass is 15.0. The third kappa shape index (κ3) is 0.867. The summed E-state index contributed by atoms with van der Waals surface area (Å²) in [7, 11) is 0. The Morgan fingerprint density at radius 3 is 2.90 bits per heavy atom. The average Bonchev–Trinajstić information content (AvgIpc) is 2.29. The Bertz CT molecular complexity index is 135. The van der Waals surface area contributed by atoms with Gasteiger partial charge < -0.3 is 10.6 Å². The molecular formula is C8H16N2. The van der Waals surface area contributed by atoms with Crippen LogP contribution in [0.5, 0.6) is 0 Å². The average molecular weight is 140 g/mol. The van der Waals surface area contributed by atoms with Crippen LogP contribution in [0.4, 0.5) is 0 Å². The van der Waals surface area contributed by atoms with Crippen LogP contribution < -0.4 is 10.6 Å². The van der Waals surface area contributed by atoms with E-state index in [1.807, 2.05) is 0 Å². The van der Waals surface area contributed by atoms with Crippen molar-refractivity contribution in [1.29, 1.82) is 0 Å². The van der Waals surface area contributed by atoms with Crippen molar-refractivity contribution in [3.05, 3.63) is 0 Å². The highest BCUT2D eigenvalue weighted by molar-refractivity contribution is 4.95. The first kappa shape index (κ1) is 6.62. The Labute approximate surface area is 62.4 Å². The molecule has 0 radical (unpaired) electrons. The maximum Gasteiger partial charge on any atom is 0.00206 e. The van der Waals surface area contributed by atoms with Gasteiger partial charge in [0.15, 0.2) is 0 Å². The van der Waals surface area contributed by atoms with E-state index >= 15 is 0 Å². The number of nitrogens with one attached hydrogen (secondary N) is 2. The maximum atomic E-state index is 3.46. The Kier molecular flexibility index (Phi) is 1.46. The summed E-state index contributed by atoms with van der Waals surface area (Å²) in [6.07, 6.45) is 1.36. The SMILES string of the molecule is CC12CNCCC1CNC2. The summed E-state index contributed by atoms with van der Waals surface area (Å²) in [6.45, 7) is 7.29. The van der Waals surface area contributed by atoms with Crippen LogP contribution in [0.25, 0.3) is 0 Å². The lowest BCUT2D eigenvalue weighted by atomic mass is 9.76. The van der Waals surface area contributed by atoms with Gasteiger partial charge in [-0.1, -0.05) is 6.92 Å². The molecule has 2 nitrogen and oxygen atoms in total. The molecule has 2 aliphatic heterocycles. The lowest BCUT2D eigenvalue weighted by Crippen LogP contribution is -2.44. The van der Waals surface area contributed by atoms with Crippen LogP contribution in [0.3, 0.4) is 0 Å². The van der Waals surface area contributed by atoms with Crippen molar-refractivity contribution in [2.75, 3.05) is 26.2 Å². The van der Waals surface area contributed by atoms with Gasteiger partial charge in [-0.05, 0) is 30.8 Å². The summed E-state index contributed by atoms with van der Waals surface area (Å²) >= 11 is 0. The highest BCUT2D eigenvalue weighted by Gasteiger charge is 2.39. The van der Waals surface area contributed by atoms with E-state index < -0.39 is 0 Å². The number of hydrogen-bond donors (Lipinski definition) is 2. The van der Waals surface area contributed by atoms with Gasteiger partial charge in [0, 0.05) is 13.1 Å². The molecule has 58 valence electrons. The fourth-order valence-corrected chi connectivity index (χ4v) is 2.23. The van der Waals surface area contributed by atoms with Gasteiger partial charge >= 0.3 is 0 Å². The molecule has 0 spiro atoms. The van der Waals surface area contributed by atoms with E-state index in [0.29, 0.717) is 5.41 Å². The third-order valence-corrected chi connectivity index (χ3v) is 3.10. The molecule has 2 heterocycles. The van der Waals surface area contributed by atoms with E-state index in [4.69, 9.17) is 0 Å². The molecule has 0 bridgehead atoms. The van der Waals surface area contributed by atoms with E-state index in [1.54, 1.807) is 0 Å². The van der Waals surface area contributed by atoms with Gasteiger partial charge in [-0.25, -0.2) is 0 Å². The highest BCUT2D eigenvalue weighted by Crippen LogP contribution is 2.34. The molecule has 2 atom stereocenters. The molecule has 0 aromatic rings. The van der Waals surface area contributed by atoms with Crippen molar-refractivity contribution in [3.8, 4) is 0 Å². The smallest absolute Gasteiger partial charge is 0.00206 e. The van der Waals surface area contributed by atoms with Gasteiger partial charge in [0.05, 0.1) is 0 Å². The van der Waals surface area contributed by atoms with Gasteiger partial charge in [-0.3, -0.25) is 0 Å². The predicted molar refractivity (Wildman–Crippen MR) is 42.0 cm³/mol. The van der Waals surface area contributed by atoms with Crippen LogP contribution in [-0.2, 0) is 0 Å². The molecule has 2 aliphatic rings. The van der Waals surface area contributed by atoms with Crippen LogP contribution in [0, 0.1) is 11.3 Å². The molecule has 2 heteroatoms. The monoisotopic (exact) mass is 140 g/mol. The zero-order chi connectivity index (χ0) is 7.03. The van der Waals surface area contributed by atoms with Crippen LogP contribution in [0.2, 0.25) is 0 Å². The quantitative estimate of drug-likeness (QED) is 0.502. The van der Waals surface area contributed by atoms with Crippen molar-refractivity contribution < 1.29 is 0 Å². The molecule has 0 amide bonds. The third-order valence-electron chi connectivity index (χ3n) is 3.10. The molecule has 2 saturated heterocycles. The zero-order valence-electron chi connectivity index (χ0n) is 6.61. The minimum atomic E-state index is 0.568. The van der Waals surface area contributed by atoms with Crippen LogP contribution in [0.1, 0.15) is 13.3 Å². The lowest BCUT2D eigenvalue weighted by Gasteiger charge is -2.35. The number of rotatable bonds is 0. The van der Waals surface area contributed by atoms with Crippen LogP contribution in [0.15, 0.2) is 0 Å². The van der Waals surface area contributed by atoms with Gasteiger partial charge in [0.2, 0.25) is 0 Å². The molecule has 2 unspecified atom stereocenters. The lowest BCUT2D eigenvalue weighted by molar-refractivity contribution is 0.193. The largest absolute Gasteiger partial charge is 0.316 e. The van der Waals surface area contributed by atoms with Crippen molar-refractivity contribution >= 4 is 0 Å². The fourth-order valence-electron chi connectivity index (χ4n) is 2.23. The number of fused-ring (bicyclic) bond motifs is 1. The Hall–Kier alpha value is -0.0800. The zero-order valence-corrected chi connectivity index (χ0v) is 6.61. The fraction of sp³-hybridized carbons (Fsp3) is 1.00. The molecule has 0 aromatic heterocycles. The molecule has 0 saturated carbocycles. The summed E-state index contributed by atoms with van der Waals surface area (Å²) < 4.78 is 0. The van der Waals surface area contributed by atoms with Crippen LogP contribution >= 0.6 is 0 Å². The van der Waals surface area contributed by atoms with E-state index in [2.05, 4.69) is 17.6 Å². The van der Waals surface area contributed by atoms with E-state index in [-0.39, 0.29) is 0 Å². The molecule has 10 heavy (non-hydrogen) atoms. The molecule has 2 rings (SSSR count). The second-order valence-corrected chi connectivity index (χ2v) is 3.95. The summed E-state index contributed by atoms with van der Waals surface area (Å²) in [5.74, 6) is 0.939. The number of piperidine rings is 1. The van der Waals surface area contributed by atoms with E-state index in [0.717, 1.165) is 5.92 Å². The summed E-state index contributed by atoms with van der Waals surface area (Å²) in [5, 5.41) is 6.92. The summed E-state index contributed by atoms with van der Waals surface area (Å²) in [6, 6.07) is 0. The Morgan fingerprint density at radius 2 is 2.10 bits per heavy atom. The van der Waals surface area contributed by atoms with Crippen molar-refractivity contribution in [1.82, 2.24) is 10.6 Å². The molecular weight excluding hydrogens is 124 g/mol. The minimum absolute atomic E-state index is 0.568. The van der Waals surface area contributed by atoms with E-state index in [9.17, 15) is 0 Å². The normalized spacial score (nSPS) is 47.1.